The third-order valence-electron chi connectivity index (χ3n) is 8.48. The van der Waals surface area contributed by atoms with Crippen molar-refractivity contribution >= 4 is 16.8 Å². The Morgan fingerprint density at radius 3 is 2.47 bits per heavy atom. The van der Waals surface area contributed by atoms with E-state index in [9.17, 15) is 23.1 Å². The molecule has 1 aliphatic rings. The van der Waals surface area contributed by atoms with Crippen molar-refractivity contribution in [2.45, 2.75) is 45.3 Å². The number of hydrogen-bond donors (Lipinski definition) is 1. The maximum absolute atomic E-state index is 14.5. The Hall–Kier alpha value is -3.66. The van der Waals surface area contributed by atoms with Crippen LogP contribution in [0, 0.1) is 5.92 Å². The number of aryl methyl sites for hydroxylation is 1. The summed E-state index contributed by atoms with van der Waals surface area (Å²) in [6, 6.07) is 20.9. The molecule has 0 aliphatic carbocycles. The topological polar surface area (TPSA) is 57.9 Å². The standard InChI is InChI=1S/C34H38F3N3O3/c1-22-17-40(23(2)20-41)33(42)32-31(27-14-8-10-16-29(27)39(32)4)26-13-7-5-12-25(26)21-43-30(22)19-38(3)18-24-11-6-9-15-28(24)34(35,36)37/h5-16,22-23,30,41H,17-21H2,1-4H3/t22-,23+,30-/m1/s1. The van der Waals surface area contributed by atoms with Gasteiger partial charge in [0.1, 0.15) is 5.69 Å². The van der Waals surface area contributed by atoms with Gasteiger partial charge in [-0.15, -0.1) is 0 Å². The van der Waals surface area contributed by atoms with Crippen molar-refractivity contribution in [1.29, 1.82) is 0 Å². The number of amides is 1. The van der Waals surface area contributed by atoms with Crippen LogP contribution in [0.3, 0.4) is 0 Å². The largest absolute Gasteiger partial charge is 0.416 e. The maximum atomic E-state index is 14.5. The fraction of sp³-hybridized carbons (Fsp3) is 0.382. The number of alkyl halides is 3. The molecule has 43 heavy (non-hydrogen) atoms. The number of para-hydroxylation sites is 1. The minimum atomic E-state index is -4.44. The van der Waals surface area contributed by atoms with Gasteiger partial charge in [0.05, 0.1) is 30.9 Å². The molecule has 1 aliphatic heterocycles. The van der Waals surface area contributed by atoms with Crippen molar-refractivity contribution in [3.63, 3.8) is 0 Å². The SMILES string of the molecule is C[C@@H]1CN([C@@H](C)CO)C(=O)c2c(c3ccccc3n2C)-c2ccccc2CO[C@@H]1CN(C)Cc1ccccc1C(F)(F)F. The molecule has 0 radical (unpaired) electrons. The second-order valence-corrected chi connectivity index (χ2v) is 11.6. The first-order chi connectivity index (χ1) is 20.5. The molecule has 228 valence electrons. The Morgan fingerprint density at radius 2 is 1.72 bits per heavy atom. The van der Waals surface area contributed by atoms with E-state index < -0.39 is 23.9 Å². The number of aromatic nitrogens is 1. The van der Waals surface area contributed by atoms with E-state index in [1.807, 2.05) is 78.9 Å². The lowest BCUT2D eigenvalue weighted by Crippen LogP contribution is -2.47. The molecule has 0 unspecified atom stereocenters. The summed E-state index contributed by atoms with van der Waals surface area (Å²) in [6.07, 6.45) is -4.85. The molecule has 0 spiro atoms. The molecule has 3 atom stereocenters. The van der Waals surface area contributed by atoms with Gasteiger partial charge < -0.3 is 19.3 Å². The van der Waals surface area contributed by atoms with Crippen LogP contribution in [0.5, 0.6) is 0 Å². The highest BCUT2D eigenvalue weighted by molar-refractivity contribution is 6.10. The average molecular weight is 594 g/mol. The lowest BCUT2D eigenvalue weighted by Gasteiger charge is -2.35. The van der Waals surface area contributed by atoms with E-state index in [0.717, 1.165) is 33.7 Å². The van der Waals surface area contributed by atoms with Gasteiger partial charge in [-0.25, -0.2) is 0 Å². The number of aliphatic hydroxyl groups excluding tert-OH is 1. The van der Waals surface area contributed by atoms with Gasteiger partial charge in [0.15, 0.2) is 0 Å². The number of likely N-dealkylation sites (N-methyl/N-ethyl adjacent to an activating group) is 1. The zero-order valence-electron chi connectivity index (χ0n) is 24.9. The van der Waals surface area contributed by atoms with Crippen molar-refractivity contribution in [1.82, 2.24) is 14.4 Å². The third kappa shape index (κ3) is 6.20. The van der Waals surface area contributed by atoms with Gasteiger partial charge in [-0.05, 0) is 42.8 Å². The van der Waals surface area contributed by atoms with E-state index in [1.54, 1.807) is 18.0 Å². The predicted molar refractivity (Wildman–Crippen MR) is 161 cm³/mol. The summed E-state index contributed by atoms with van der Waals surface area (Å²) in [4.78, 5) is 18.0. The average Bonchev–Trinajstić information content (AvgIpc) is 3.28. The van der Waals surface area contributed by atoms with E-state index in [0.29, 0.717) is 18.8 Å². The minimum Gasteiger partial charge on any atom is -0.394 e. The number of carbonyl (C=O) groups excluding carboxylic acids is 1. The molecule has 1 amide bonds. The molecule has 1 N–H and O–H groups in total. The van der Waals surface area contributed by atoms with Gasteiger partial charge in [0.25, 0.3) is 5.91 Å². The minimum absolute atomic E-state index is 0.0893. The highest BCUT2D eigenvalue weighted by atomic mass is 19.4. The molecular weight excluding hydrogens is 555 g/mol. The molecular formula is C34H38F3N3O3. The van der Waals surface area contributed by atoms with E-state index in [1.165, 1.54) is 12.1 Å². The van der Waals surface area contributed by atoms with Crippen LogP contribution < -0.4 is 0 Å². The zero-order chi connectivity index (χ0) is 30.9. The zero-order valence-corrected chi connectivity index (χ0v) is 24.9. The number of ether oxygens (including phenoxy) is 1. The van der Waals surface area contributed by atoms with Crippen LogP contribution in [0.4, 0.5) is 13.2 Å². The molecule has 1 aromatic heterocycles. The van der Waals surface area contributed by atoms with Crippen LogP contribution in [0.25, 0.3) is 22.0 Å². The lowest BCUT2D eigenvalue weighted by atomic mass is 9.96. The quantitative estimate of drug-likeness (QED) is 0.283. The van der Waals surface area contributed by atoms with Gasteiger partial charge in [-0.1, -0.05) is 67.6 Å². The Bertz CT molecular complexity index is 1600. The van der Waals surface area contributed by atoms with Gasteiger partial charge in [0.2, 0.25) is 0 Å². The van der Waals surface area contributed by atoms with Crippen LogP contribution in [0.2, 0.25) is 0 Å². The third-order valence-corrected chi connectivity index (χ3v) is 8.48. The molecule has 0 bridgehead atoms. The molecule has 0 saturated carbocycles. The van der Waals surface area contributed by atoms with Gasteiger partial charge >= 0.3 is 6.18 Å². The van der Waals surface area contributed by atoms with E-state index in [2.05, 4.69) is 0 Å². The molecule has 2 heterocycles. The number of hydrogen-bond acceptors (Lipinski definition) is 4. The van der Waals surface area contributed by atoms with Crippen LogP contribution in [-0.2, 0) is 31.1 Å². The molecule has 0 saturated heterocycles. The molecule has 9 heteroatoms. The number of benzene rings is 3. The maximum Gasteiger partial charge on any atom is 0.416 e. The van der Waals surface area contributed by atoms with Crippen LogP contribution in [0.15, 0.2) is 72.8 Å². The first-order valence-electron chi connectivity index (χ1n) is 14.5. The van der Waals surface area contributed by atoms with Gasteiger partial charge in [-0.3, -0.25) is 9.69 Å². The summed E-state index contributed by atoms with van der Waals surface area (Å²) in [5, 5.41) is 11.1. The highest BCUT2D eigenvalue weighted by Crippen LogP contribution is 2.38. The van der Waals surface area contributed by atoms with Crippen molar-refractivity contribution < 1.29 is 27.8 Å². The highest BCUT2D eigenvalue weighted by Gasteiger charge is 2.35. The van der Waals surface area contributed by atoms with Gasteiger partial charge in [-0.2, -0.15) is 13.2 Å². The van der Waals surface area contributed by atoms with E-state index in [4.69, 9.17) is 4.74 Å². The predicted octanol–water partition coefficient (Wildman–Crippen LogP) is 6.35. The van der Waals surface area contributed by atoms with Crippen molar-refractivity contribution in [3.8, 4) is 11.1 Å². The number of aliphatic hydroxyl groups is 1. The van der Waals surface area contributed by atoms with Gasteiger partial charge in [0, 0.05) is 49.1 Å². The number of nitrogens with zero attached hydrogens (tertiary/aromatic N) is 3. The smallest absolute Gasteiger partial charge is 0.394 e. The fourth-order valence-electron chi connectivity index (χ4n) is 6.12. The first-order valence-corrected chi connectivity index (χ1v) is 14.5. The molecule has 3 aromatic carbocycles. The number of rotatable bonds is 6. The monoisotopic (exact) mass is 593 g/mol. The Balaban J connectivity index is 1.55. The van der Waals surface area contributed by atoms with Crippen LogP contribution in [-0.4, -0.2) is 64.3 Å². The number of halogens is 3. The summed E-state index contributed by atoms with van der Waals surface area (Å²) in [6.45, 7) is 4.59. The second-order valence-electron chi connectivity index (χ2n) is 11.6. The van der Waals surface area contributed by atoms with Crippen molar-refractivity contribution in [3.05, 3.63) is 95.2 Å². The molecule has 4 aromatic rings. The van der Waals surface area contributed by atoms with Crippen molar-refractivity contribution in [2.24, 2.45) is 13.0 Å². The number of fused-ring (bicyclic) bond motifs is 5. The Morgan fingerprint density at radius 1 is 1.05 bits per heavy atom. The Labute approximate surface area is 250 Å². The second kappa shape index (κ2) is 12.5. The van der Waals surface area contributed by atoms with Crippen LogP contribution in [0.1, 0.15) is 41.0 Å². The summed E-state index contributed by atoms with van der Waals surface area (Å²) >= 11 is 0. The summed E-state index contributed by atoms with van der Waals surface area (Å²) < 4.78 is 49.5. The first kappa shape index (κ1) is 30.8. The molecule has 6 nitrogen and oxygen atoms in total. The Kier molecular flexibility index (Phi) is 8.96. The normalized spacial score (nSPS) is 18.8. The summed E-state index contributed by atoms with van der Waals surface area (Å²) in [5.41, 5.74) is 3.64. The summed E-state index contributed by atoms with van der Waals surface area (Å²) in [7, 11) is 3.67. The van der Waals surface area contributed by atoms with Crippen molar-refractivity contribution in [2.75, 3.05) is 26.7 Å². The lowest BCUT2D eigenvalue weighted by molar-refractivity contribution is -0.138. The van der Waals surface area contributed by atoms with Crippen LogP contribution >= 0.6 is 0 Å². The number of carbonyl (C=O) groups is 1. The fourth-order valence-corrected chi connectivity index (χ4v) is 6.12. The summed E-state index contributed by atoms with van der Waals surface area (Å²) in [5.74, 6) is -0.383. The van der Waals surface area contributed by atoms with E-state index in [-0.39, 0.29) is 37.1 Å². The molecule has 5 rings (SSSR count). The molecule has 0 fully saturated rings. The van der Waals surface area contributed by atoms with E-state index >= 15 is 0 Å².